The van der Waals surface area contributed by atoms with E-state index in [4.69, 9.17) is 10.5 Å². The lowest BCUT2D eigenvalue weighted by molar-refractivity contribution is -0.458. The SMILES string of the molecule is CC12OC34C1C(=O)CC31CCCCC1C4(N)CC2c1cccs1. The molecule has 1 aromatic rings. The first-order valence-corrected chi connectivity index (χ1v) is 9.93. The third-order valence-corrected chi connectivity index (χ3v) is 9.36. The summed E-state index contributed by atoms with van der Waals surface area (Å²) in [4.78, 5) is 14.4. The smallest absolute Gasteiger partial charge is 0.142 e. The Morgan fingerprint density at radius 3 is 3.04 bits per heavy atom. The van der Waals surface area contributed by atoms with E-state index in [1.54, 1.807) is 11.3 Å². The molecule has 7 unspecified atom stereocenters. The van der Waals surface area contributed by atoms with E-state index in [1.165, 1.54) is 24.1 Å². The molecule has 7 atom stereocenters. The Morgan fingerprint density at radius 2 is 2.26 bits per heavy atom. The Balaban J connectivity index is 1.55. The average molecular weight is 329 g/mol. The van der Waals surface area contributed by atoms with Gasteiger partial charge in [0, 0.05) is 22.6 Å². The van der Waals surface area contributed by atoms with Gasteiger partial charge in [0.25, 0.3) is 0 Å². The van der Waals surface area contributed by atoms with Gasteiger partial charge in [0.1, 0.15) is 11.4 Å². The van der Waals surface area contributed by atoms with E-state index in [-0.39, 0.29) is 34.0 Å². The molecule has 3 heterocycles. The minimum absolute atomic E-state index is 0.0372. The summed E-state index contributed by atoms with van der Waals surface area (Å²) in [6.07, 6.45) is 6.58. The van der Waals surface area contributed by atoms with Crippen LogP contribution in [-0.2, 0) is 9.53 Å². The van der Waals surface area contributed by atoms with Crippen molar-refractivity contribution in [3.63, 3.8) is 0 Å². The number of hydrogen-bond donors (Lipinski definition) is 1. The van der Waals surface area contributed by atoms with Crippen molar-refractivity contribution in [2.75, 3.05) is 0 Å². The zero-order chi connectivity index (χ0) is 15.7. The maximum absolute atomic E-state index is 13.1. The van der Waals surface area contributed by atoms with E-state index in [2.05, 4.69) is 24.4 Å². The summed E-state index contributed by atoms with van der Waals surface area (Å²) in [6, 6.07) is 4.31. The highest BCUT2D eigenvalue weighted by Crippen LogP contribution is 2.86. The van der Waals surface area contributed by atoms with Gasteiger partial charge >= 0.3 is 0 Å². The Labute approximate surface area is 140 Å². The fraction of sp³-hybridized carbons (Fsp3) is 0.737. The van der Waals surface area contributed by atoms with Gasteiger partial charge in [-0.2, -0.15) is 0 Å². The minimum Gasteiger partial charge on any atom is -0.364 e. The number of rotatable bonds is 1. The second-order valence-corrected chi connectivity index (χ2v) is 9.84. The Kier molecular flexibility index (Phi) is 2.13. The number of thiophene rings is 1. The summed E-state index contributed by atoms with van der Waals surface area (Å²) < 4.78 is 6.77. The van der Waals surface area contributed by atoms with Crippen molar-refractivity contribution in [2.24, 2.45) is 23.0 Å². The summed E-state index contributed by atoms with van der Waals surface area (Å²) in [7, 11) is 0. The maximum Gasteiger partial charge on any atom is 0.142 e. The van der Waals surface area contributed by atoms with Crippen molar-refractivity contribution in [2.45, 2.75) is 68.1 Å². The van der Waals surface area contributed by atoms with Crippen LogP contribution in [0.25, 0.3) is 0 Å². The van der Waals surface area contributed by atoms with E-state index in [0.717, 1.165) is 19.3 Å². The molecule has 3 nitrogen and oxygen atoms in total. The van der Waals surface area contributed by atoms with Gasteiger partial charge in [-0.1, -0.05) is 18.9 Å². The third-order valence-electron chi connectivity index (χ3n) is 8.38. The zero-order valence-electron chi connectivity index (χ0n) is 13.5. The summed E-state index contributed by atoms with van der Waals surface area (Å²) in [6.45, 7) is 2.18. The van der Waals surface area contributed by atoms with Crippen LogP contribution in [0.15, 0.2) is 17.5 Å². The highest BCUT2D eigenvalue weighted by atomic mass is 32.1. The summed E-state index contributed by atoms with van der Waals surface area (Å²) in [5.41, 5.74) is 6.26. The molecule has 6 aliphatic rings. The molecule has 6 fully saturated rings. The maximum atomic E-state index is 13.1. The molecule has 122 valence electrons. The second-order valence-electron chi connectivity index (χ2n) is 8.86. The quantitative estimate of drug-likeness (QED) is 0.860. The normalized spacial score (nSPS) is 58.9. The van der Waals surface area contributed by atoms with E-state index >= 15 is 0 Å². The lowest BCUT2D eigenvalue weighted by Crippen LogP contribution is -2.97. The van der Waals surface area contributed by atoms with Crippen LogP contribution >= 0.6 is 11.3 Å². The van der Waals surface area contributed by atoms with Crippen molar-refractivity contribution < 1.29 is 9.53 Å². The van der Waals surface area contributed by atoms with Gasteiger partial charge in [-0.15, -0.1) is 11.3 Å². The van der Waals surface area contributed by atoms with Crippen LogP contribution in [0.3, 0.4) is 0 Å². The van der Waals surface area contributed by atoms with Crippen molar-refractivity contribution >= 4 is 17.1 Å². The predicted molar refractivity (Wildman–Crippen MR) is 88.3 cm³/mol. The summed E-state index contributed by atoms with van der Waals surface area (Å²) >= 11 is 1.79. The van der Waals surface area contributed by atoms with Crippen molar-refractivity contribution in [1.29, 1.82) is 0 Å². The van der Waals surface area contributed by atoms with Crippen LogP contribution in [0.2, 0.25) is 0 Å². The van der Waals surface area contributed by atoms with E-state index < -0.39 is 0 Å². The number of hydrogen-bond acceptors (Lipinski definition) is 4. The zero-order valence-corrected chi connectivity index (χ0v) is 14.3. The lowest BCUT2D eigenvalue weighted by atomic mass is 9.29. The molecule has 2 aliphatic heterocycles. The van der Waals surface area contributed by atoms with Gasteiger partial charge in [-0.05, 0) is 43.6 Å². The number of carbonyl (C=O) groups is 1. The monoisotopic (exact) mass is 329 g/mol. The number of fused-ring (bicyclic) bond motifs is 1. The number of carbonyl (C=O) groups excluding carboxylic acids is 1. The predicted octanol–water partition coefficient (Wildman–Crippen LogP) is 3.24. The fourth-order valence-electron chi connectivity index (χ4n) is 7.92. The van der Waals surface area contributed by atoms with Crippen LogP contribution in [0, 0.1) is 17.3 Å². The second kappa shape index (κ2) is 3.61. The van der Waals surface area contributed by atoms with Crippen LogP contribution in [0.1, 0.15) is 56.2 Å². The molecule has 4 saturated carbocycles. The van der Waals surface area contributed by atoms with Gasteiger partial charge < -0.3 is 10.5 Å². The molecule has 4 heteroatoms. The van der Waals surface area contributed by atoms with Gasteiger partial charge in [0.15, 0.2) is 0 Å². The molecule has 1 aromatic heterocycles. The average Bonchev–Trinajstić information content (AvgIpc) is 3.07. The molecule has 4 aliphatic carbocycles. The minimum atomic E-state index is -0.323. The molecule has 0 aromatic carbocycles. The van der Waals surface area contributed by atoms with Crippen LogP contribution in [0.5, 0.6) is 0 Å². The van der Waals surface area contributed by atoms with Crippen LogP contribution < -0.4 is 5.73 Å². The van der Waals surface area contributed by atoms with Crippen LogP contribution in [-0.4, -0.2) is 22.5 Å². The highest BCUT2D eigenvalue weighted by molar-refractivity contribution is 7.10. The number of nitrogens with two attached hydrogens (primary N) is 1. The first-order valence-electron chi connectivity index (χ1n) is 9.05. The van der Waals surface area contributed by atoms with Crippen LogP contribution in [0.4, 0.5) is 0 Å². The summed E-state index contributed by atoms with van der Waals surface area (Å²) in [5.74, 6) is 1.25. The molecule has 2 spiro atoms. The first-order chi connectivity index (χ1) is 11.0. The van der Waals surface area contributed by atoms with E-state index in [1.807, 2.05) is 0 Å². The molecule has 0 radical (unpaired) electrons. The molecule has 2 bridgehead atoms. The summed E-state index contributed by atoms with van der Waals surface area (Å²) in [5, 5.41) is 2.13. The van der Waals surface area contributed by atoms with Crippen molar-refractivity contribution in [1.82, 2.24) is 0 Å². The van der Waals surface area contributed by atoms with Crippen molar-refractivity contribution in [3.8, 4) is 0 Å². The van der Waals surface area contributed by atoms with Gasteiger partial charge in [0.2, 0.25) is 0 Å². The number of Topliss-reactive ketones (excluding diaryl/α,β-unsaturated/α-hetero) is 1. The molecular weight excluding hydrogens is 306 g/mol. The highest BCUT2D eigenvalue weighted by Gasteiger charge is 2.95. The molecular formula is C19H23NO2S. The first kappa shape index (κ1) is 13.6. The van der Waals surface area contributed by atoms with Gasteiger partial charge in [-0.3, -0.25) is 4.79 Å². The Hall–Kier alpha value is -0.710. The van der Waals surface area contributed by atoms with Gasteiger partial charge in [0.05, 0.1) is 17.1 Å². The Morgan fingerprint density at radius 1 is 1.39 bits per heavy atom. The number of ether oxygens (including phenoxy) is 1. The van der Waals surface area contributed by atoms with Crippen molar-refractivity contribution in [3.05, 3.63) is 22.4 Å². The Bertz CT molecular complexity index is 732. The standard InChI is InChI=1S/C19H23NO2S/c1-16-11(13-5-4-8-23-13)9-18(20)14-6-2-3-7-17(14)10-12(21)15(16)19(17,18)22-16/h4-5,8,11,14-15H,2-3,6-7,9-10,20H2,1H3. The van der Waals surface area contributed by atoms with E-state index in [9.17, 15) is 4.79 Å². The lowest BCUT2D eigenvalue weighted by Gasteiger charge is -2.85. The molecule has 2 saturated heterocycles. The third kappa shape index (κ3) is 1.06. The number of ketones is 1. The molecule has 0 amide bonds. The topological polar surface area (TPSA) is 52.3 Å². The largest absolute Gasteiger partial charge is 0.364 e. The fourth-order valence-corrected chi connectivity index (χ4v) is 8.88. The van der Waals surface area contributed by atoms with Gasteiger partial charge in [-0.25, -0.2) is 0 Å². The molecule has 23 heavy (non-hydrogen) atoms. The van der Waals surface area contributed by atoms with E-state index in [0.29, 0.717) is 11.7 Å². The molecule has 2 N–H and O–H groups in total. The molecule has 7 rings (SSSR count).